The first kappa shape index (κ1) is 13.5. The average Bonchev–Trinajstić information content (AvgIpc) is 2.74. The highest BCUT2D eigenvalue weighted by Crippen LogP contribution is 2.15. The largest absolute Gasteiger partial charge is 0.463 e. The highest BCUT2D eigenvalue weighted by Gasteiger charge is 2.30. The molecule has 1 fully saturated rings. The fraction of sp³-hybridized carbons (Fsp3) is 0.333. The minimum absolute atomic E-state index is 0.115. The van der Waals surface area contributed by atoms with Crippen molar-refractivity contribution in [1.82, 2.24) is 0 Å². The first-order valence-electron chi connectivity index (χ1n) is 5.55. The van der Waals surface area contributed by atoms with Crippen molar-refractivity contribution in [3.63, 3.8) is 0 Å². The van der Waals surface area contributed by atoms with E-state index in [1.54, 1.807) is 0 Å². The summed E-state index contributed by atoms with van der Waals surface area (Å²) in [4.78, 5) is 23.0. The molecule has 2 rings (SSSR count). The molecular formula is C12H12O6S. The number of carbonyl (C=O) groups excluding carboxylic acids is 2. The van der Waals surface area contributed by atoms with E-state index < -0.39 is 27.9 Å². The zero-order chi connectivity index (χ0) is 14.0. The van der Waals surface area contributed by atoms with Crippen LogP contribution in [0.15, 0.2) is 29.2 Å². The van der Waals surface area contributed by atoms with Gasteiger partial charge in [-0.15, -0.1) is 0 Å². The van der Waals surface area contributed by atoms with E-state index in [-0.39, 0.29) is 17.1 Å². The third-order valence-electron chi connectivity index (χ3n) is 2.65. The van der Waals surface area contributed by atoms with Crippen LogP contribution in [0.1, 0.15) is 16.8 Å². The summed E-state index contributed by atoms with van der Waals surface area (Å²) in [6.45, 7) is 0.240. The summed E-state index contributed by atoms with van der Waals surface area (Å²) in [6.07, 6.45) is 0.544. The van der Waals surface area contributed by atoms with Gasteiger partial charge in [0.1, 0.15) is 0 Å². The highest BCUT2D eigenvalue weighted by atomic mass is 32.2. The van der Waals surface area contributed by atoms with Gasteiger partial charge in [0.2, 0.25) is 6.10 Å². The lowest BCUT2D eigenvalue weighted by molar-refractivity contribution is -0.145. The first-order valence-corrected chi connectivity index (χ1v) is 7.45. The van der Waals surface area contributed by atoms with Crippen LogP contribution >= 0.6 is 0 Å². The molecule has 0 amide bonds. The molecule has 1 aromatic carbocycles. The number of hydrogen-bond acceptors (Lipinski definition) is 6. The summed E-state index contributed by atoms with van der Waals surface area (Å²) in [7, 11) is -3.30. The van der Waals surface area contributed by atoms with Crippen molar-refractivity contribution in [3.8, 4) is 0 Å². The van der Waals surface area contributed by atoms with Gasteiger partial charge < -0.3 is 9.47 Å². The number of benzene rings is 1. The lowest BCUT2D eigenvalue weighted by atomic mass is 10.2. The van der Waals surface area contributed by atoms with Gasteiger partial charge in [-0.1, -0.05) is 0 Å². The molecule has 0 N–H and O–H groups in total. The smallest absolute Gasteiger partial charge is 0.347 e. The van der Waals surface area contributed by atoms with Crippen molar-refractivity contribution < 1.29 is 27.5 Å². The molecule has 19 heavy (non-hydrogen) atoms. The predicted octanol–water partition coefficient (Wildman–Crippen LogP) is 0.562. The Morgan fingerprint density at radius 2 is 1.95 bits per heavy atom. The van der Waals surface area contributed by atoms with Gasteiger partial charge in [0.05, 0.1) is 17.1 Å². The summed E-state index contributed by atoms with van der Waals surface area (Å²) in [6, 6.07) is 5.33. The van der Waals surface area contributed by atoms with Gasteiger partial charge in [0.15, 0.2) is 9.84 Å². The summed E-state index contributed by atoms with van der Waals surface area (Å²) < 4.78 is 32.2. The molecule has 1 aromatic rings. The van der Waals surface area contributed by atoms with Gasteiger partial charge in [0, 0.05) is 12.7 Å². The summed E-state index contributed by atoms with van der Waals surface area (Å²) in [5, 5.41) is 0. The van der Waals surface area contributed by atoms with Gasteiger partial charge in [-0.3, -0.25) is 0 Å². The van der Waals surface area contributed by atoms with Gasteiger partial charge in [-0.2, -0.15) is 0 Å². The quantitative estimate of drug-likeness (QED) is 0.754. The Morgan fingerprint density at radius 1 is 1.32 bits per heavy atom. The van der Waals surface area contributed by atoms with Crippen molar-refractivity contribution in [3.05, 3.63) is 29.8 Å². The molecule has 7 heteroatoms. The lowest BCUT2D eigenvalue weighted by Gasteiger charge is -2.08. The molecule has 1 heterocycles. The van der Waals surface area contributed by atoms with Crippen molar-refractivity contribution in [2.45, 2.75) is 17.4 Å². The number of hydrogen-bond donors (Lipinski definition) is 0. The Hall–Kier alpha value is -1.89. The van der Waals surface area contributed by atoms with E-state index in [9.17, 15) is 18.0 Å². The topological polar surface area (TPSA) is 86.7 Å². The van der Waals surface area contributed by atoms with E-state index in [4.69, 9.17) is 4.74 Å². The van der Waals surface area contributed by atoms with Gasteiger partial charge >= 0.3 is 11.9 Å². The number of sulfone groups is 1. The maximum Gasteiger partial charge on any atom is 0.347 e. The number of carbonyl (C=O) groups is 2. The van der Waals surface area contributed by atoms with Crippen LogP contribution in [0.2, 0.25) is 0 Å². The van der Waals surface area contributed by atoms with Crippen LogP contribution in [0.3, 0.4) is 0 Å². The SMILES string of the molecule is CS(=O)(=O)c1ccc(C(=O)O[C@@H]2CCOC2=O)cc1. The van der Waals surface area contributed by atoms with Crippen molar-refractivity contribution in [2.75, 3.05) is 12.9 Å². The molecule has 102 valence electrons. The molecule has 0 aromatic heterocycles. The number of esters is 2. The molecule has 6 nitrogen and oxygen atoms in total. The Balaban J connectivity index is 2.10. The van der Waals surface area contributed by atoms with E-state index in [1.807, 2.05) is 0 Å². The van der Waals surface area contributed by atoms with Crippen LogP contribution in [0, 0.1) is 0 Å². The Morgan fingerprint density at radius 3 is 2.42 bits per heavy atom. The van der Waals surface area contributed by atoms with Crippen molar-refractivity contribution in [1.29, 1.82) is 0 Å². The van der Waals surface area contributed by atoms with Crippen molar-refractivity contribution >= 4 is 21.8 Å². The molecule has 1 aliphatic heterocycles. The first-order chi connectivity index (χ1) is 8.88. The molecular weight excluding hydrogens is 272 g/mol. The second-order valence-corrected chi connectivity index (χ2v) is 6.16. The summed E-state index contributed by atoms with van der Waals surface area (Å²) in [5.41, 5.74) is 0.187. The Kier molecular flexibility index (Phi) is 3.57. The van der Waals surface area contributed by atoms with Crippen LogP contribution in [0.5, 0.6) is 0 Å². The molecule has 0 radical (unpaired) electrons. The number of ether oxygens (including phenoxy) is 2. The van der Waals surface area contributed by atoms with Crippen LogP contribution < -0.4 is 0 Å². The molecule has 0 aliphatic carbocycles. The second kappa shape index (κ2) is 5.00. The van der Waals surface area contributed by atoms with Gasteiger partial charge in [-0.05, 0) is 24.3 Å². The van der Waals surface area contributed by atoms with Gasteiger partial charge in [0.25, 0.3) is 0 Å². The molecule has 1 atom stereocenters. The predicted molar refractivity (Wildman–Crippen MR) is 64.3 cm³/mol. The van der Waals surface area contributed by atoms with Gasteiger partial charge in [-0.25, -0.2) is 18.0 Å². The zero-order valence-corrected chi connectivity index (χ0v) is 11.0. The van der Waals surface area contributed by atoms with Crippen LogP contribution in [-0.4, -0.2) is 39.3 Å². The standard InChI is InChI=1S/C12H12O6S/c1-19(15,16)9-4-2-8(3-5-9)11(13)18-10-6-7-17-12(10)14/h2-5,10H,6-7H2,1H3/t10-/m1/s1. The normalized spacial score (nSPS) is 19.0. The van der Waals surface area contributed by atoms with Crippen LogP contribution in [0.25, 0.3) is 0 Å². The van der Waals surface area contributed by atoms with E-state index in [2.05, 4.69) is 4.74 Å². The summed E-state index contributed by atoms with van der Waals surface area (Å²) in [5.74, 6) is -1.23. The zero-order valence-electron chi connectivity index (χ0n) is 10.2. The Labute approximate surface area is 110 Å². The van der Waals surface area contributed by atoms with E-state index in [1.165, 1.54) is 24.3 Å². The van der Waals surface area contributed by atoms with E-state index in [0.29, 0.717) is 6.42 Å². The lowest BCUT2D eigenvalue weighted by Crippen LogP contribution is -2.22. The molecule has 0 unspecified atom stereocenters. The number of cyclic esters (lactones) is 1. The van der Waals surface area contributed by atoms with Crippen LogP contribution in [-0.2, 0) is 24.1 Å². The third-order valence-corrected chi connectivity index (χ3v) is 3.78. The minimum atomic E-state index is -3.30. The monoisotopic (exact) mass is 284 g/mol. The maximum atomic E-state index is 11.7. The fourth-order valence-electron chi connectivity index (χ4n) is 1.62. The molecule has 1 saturated heterocycles. The summed E-state index contributed by atoms with van der Waals surface area (Å²) >= 11 is 0. The fourth-order valence-corrected chi connectivity index (χ4v) is 2.25. The molecule has 0 bridgehead atoms. The highest BCUT2D eigenvalue weighted by molar-refractivity contribution is 7.90. The third kappa shape index (κ3) is 3.11. The second-order valence-electron chi connectivity index (χ2n) is 4.15. The Bertz CT molecular complexity index is 602. The molecule has 1 aliphatic rings. The number of rotatable bonds is 3. The molecule has 0 saturated carbocycles. The van der Waals surface area contributed by atoms with Crippen LogP contribution in [0.4, 0.5) is 0 Å². The van der Waals surface area contributed by atoms with E-state index in [0.717, 1.165) is 6.26 Å². The minimum Gasteiger partial charge on any atom is -0.463 e. The average molecular weight is 284 g/mol. The van der Waals surface area contributed by atoms with E-state index >= 15 is 0 Å². The molecule has 0 spiro atoms. The van der Waals surface area contributed by atoms with Crippen molar-refractivity contribution in [2.24, 2.45) is 0 Å². The maximum absolute atomic E-state index is 11.7.